The lowest BCUT2D eigenvalue weighted by Crippen LogP contribution is -1.61. The molecule has 1 aliphatic carbocycles. The van der Waals surface area contributed by atoms with E-state index in [1.54, 1.807) is 0 Å². The van der Waals surface area contributed by atoms with E-state index >= 15 is 0 Å². The zero-order valence-corrected chi connectivity index (χ0v) is 7.19. The molecule has 0 amide bonds. The van der Waals surface area contributed by atoms with Gasteiger partial charge in [-0.15, -0.1) is 0 Å². The Bertz CT molecular complexity index is 211. The van der Waals surface area contributed by atoms with Crippen LogP contribution in [-0.2, 0) is 0 Å². The molecular formula is C12H14. The zero-order chi connectivity index (χ0) is 8.49. The first kappa shape index (κ1) is 8.79. The van der Waals surface area contributed by atoms with Gasteiger partial charge in [-0.05, 0) is 12.8 Å². The Hall–Kier alpha value is -1.30. The van der Waals surface area contributed by atoms with E-state index in [0.717, 1.165) is 12.8 Å². The lowest BCUT2D eigenvalue weighted by molar-refractivity contribution is 1.37. The molecule has 0 nitrogen and oxygen atoms in total. The fourth-order valence-corrected chi connectivity index (χ4v) is 0.914. The van der Waals surface area contributed by atoms with Crippen LogP contribution in [0.3, 0.4) is 0 Å². The molecule has 1 rings (SSSR count). The van der Waals surface area contributed by atoms with Crippen molar-refractivity contribution < 1.29 is 0 Å². The van der Waals surface area contributed by atoms with Crippen molar-refractivity contribution in [2.45, 2.75) is 12.8 Å². The number of allylic oxidation sites excluding steroid dienone is 10. The maximum atomic E-state index is 2.14. The Morgan fingerprint density at radius 1 is 0.417 bits per heavy atom. The van der Waals surface area contributed by atoms with E-state index in [-0.39, 0.29) is 0 Å². The van der Waals surface area contributed by atoms with Crippen LogP contribution in [0, 0.1) is 0 Å². The molecule has 0 spiro atoms. The van der Waals surface area contributed by atoms with Gasteiger partial charge in [-0.2, -0.15) is 0 Å². The first-order valence-electron chi connectivity index (χ1n) is 4.30. The Balaban J connectivity index is 2.55. The normalized spacial score (nSPS) is 28.0. The summed E-state index contributed by atoms with van der Waals surface area (Å²) in [4.78, 5) is 0. The largest absolute Gasteiger partial charge is 0.0808 e. The maximum absolute atomic E-state index is 2.14. The van der Waals surface area contributed by atoms with Gasteiger partial charge in [-0.1, -0.05) is 60.8 Å². The molecule has 0 fully saturated rings. The van der Waals surface area contributed by atoms with Crippen molar-refractivity contribution in [3.63, 3.8) is 0 Å². The third-order valence-electron chi connectivity index (χ3n) is 1.53. The molecule has 0 bridgehead atoms. The molecule has 0 heterocycles. The second-order valence-corrected chi connectivity index (χ2v) is 2.57. The van der Waals surface area contributed by atoms with Crippen molar-refractivity contribution in [1.82, 2.24) is 0 Å². The average molecular weight is 158 g/mol. The van der Waals surface area contributed by atoms with Gasteiger partial charge >= 0.3 is 0 Å². The Morgan fingerprint density at radius 3 is 1.17 bits per heavy atom. The number of rotatable bonds is 0. The van der Waals surface area contributed by atoms with Crippen LogP contribution in [0.2, 0.25) is 0 Å². The second-order valence-electron chi connectivity index (χ2n) is 2.57. The van der Waals surface area contributed by atoms with Crippen molar-refractivity contribution in [3.05, 3.63) is 60.8 Å². The van der Waals surface area contributed by atoms with Crippen LogP contribution in [0.4, 0.5) is 0 Å². The van der Waals surface area contributed by atoms with E-state index in [1.165, 1.54) is 0 Å². The minimum atomic E-state index is 1.01. The second kappa shape index (κ2) is 6.41. The standard InChI is InChI=1S/C12H14/c1-2-4-6-8-10-12-11-9-7-5-3-1/h1-6,9-12H,7-8H2/b2-1-,5-3+,6-4+,11-9-,12-10?. The highest BCUT2D eigenvalue weighted by molar-refractivity contribution is 5.15. The Kier molecular flexibility index (Phi) is 4.70. The van der Waals surface area contributed by atoms with E-state index in [1.807, 2.05) is 0 Å². The van der Waals surface area contributed by atoms with Gasteiger partial charge in [0.25, 0.3) is 0 Å². The summed E-state index contributed by atoms with van der Waals surface area (Å²) in [6.07, 6.45) is 23.0. The summed E-state index contributed by atoms with van der Waals surface area (Å²) in [7, 11) is 0. The summed E-state index contributed by atoms with van der Waals surface area (Å²) in [5.41, 5.74) is 0. The fourth-order valence-electron chi connectivity index (χ4n) is 0.914. The summed E-state index contributed by atoms with van der Waals surface area (Å²) in [5, 5.41) is 0. The molecule has 12 heavy (non-hydrogen) atoms. The molecule has 0 saturated heterocycles. The molecule has 0 N–H and O–H groups in total. The maximum Gasteiger partial charge on any atom is -0.0163 e. The van der Waals surface area contributed by atoms with Gasteiger partial charge in [0.15, 0.2) is 0 Å². The van der Waals surface area contributed by atoms with Crippen LogP contribution in [0.1, 0.15) is 12.8 Å². The molecule has 0 aromatic rings. The van der Waals surface area contributed by atoms with Crippen LogP contribution in [0.5, 0.6) is 0 Å². The Morgan fingerprint density at radius 2 is 0.750 bits per heavy atom. The van der Waals surface area contributed by atoms with Gasteiger partial charge < -0.3 is 0 Å². The lowest BCUT2D eigenvalue weighted by Gasteiger charge is -1.82. The molecule has 0 aromatic heterocycles. The molecule has 0 unspecified atom stereocenters. The minimum absolute atomic E-state index is 1.01. The fraction of sp³-hybridized carbons (Fsp3) is 0.167. The van der Waals surface area contributed by atoms with Crippen LogP contribution < -0.4 is 0 Å². The minimum Gasteiger partial charge on any atom is -0.0808 e. The first-order valence-corrected chi connectivity index (χ1v) is 4.30. The van der Waals surface area contributed by atoms with Crippen LogP contribution in [-0.4, -0.2) is 0 Å². The van der Waals surface area contributed by atoms with E-state index < -0.39 is 0 Å². The highest BCUT2D eigenvalue weighted by atomic mass is 13.8. The van der Waals surface area contributed by atoms with Gasteiger partial charge in [0.05, 0.1) is 0 Å². The monoisotopic (exact) mass is 158 g/mol. The van der Waals surface area contributed by atoms with E-state index in [4.69, 9.17) is 0 Å². The van der Waals surface area contributed by atoms with Crippen molar-refractivity contribution in [3.8, 4) is 0 Å². The van der Waals surface area contributed by atoms with Crippen molar-refractivity contribution >= 4 is 0 Å². The lowest BCUT2D eigenvalue weighted by atomic mass is 10.2. The molecule has 0 heteroatoms. The number of hydrogen-bond acceptors (Lipinski definition) is 0. The third-order valence-corrected chi connectivity index (χ3v) is 1.53. The van der Waals surface area contributed by atoms with Gasteiger partial charge in [0.1, 0.15) is 0 Å². The van der Waals surface area contributed by atoms with Crippen molar-refractivity contribution in [2.24, 2.45) is 0 Å². The summed E-state index contributed by atoms with van der Waals surface area (Å²) in [6, 6.07) is 0. The summed E-state index contributed by atoms with van der Waals surface area (Å²) < 4.78 is 0. The van der Waals surface area contributed by atoms with E-state index in [0.29, 0.717) is 0 Å². The predicted molar refractivity (Wildman–Crippen MR) is 54.9 cm³/mol. The molecule has 0 atom stereocenters. The molecule has 1 aliphatic rings. The SMILES string of the molecule is C1=CC/C=C/C=C\C=C\C/C=C\1. The molecule has 62 valence electrons. The van der Waals surface area contributed by atoms with Crippen LogP contribution >= 0.6 is 0 Å². The highest BCUT2D eigenvalue weighted by Crippen LogP contribution is 1.93. The smallest absolute Gasteiger partial charge is 0.0163 e. The average Bonchev–Trinajstić information content (AvgIpc) is 2.05. The summed E-state index contributed by atoms with van der Waals surface area (Å²) in [5.74, 6) is 0. The molecule has 0 aromatic carbocycles. The van der Waals surface area contributed by atoms with Gasteiger partial charge in [0, 0.05) is 0 Å². The van der Waals surface area contributed by atoms with Gasteiger partial charge in [-0.3, -0.25) is 0 Å². The zero-order valence-electron chi connectivity index (χ0n) is 7.19. The van der Waals surface area contributed by atoms with Crippen LogP contribution in [0.15, 0.2) is 60.8 Å². The van der Waals surface area contributed by atoms with Crippen molar-refractivity contribution in [1.29, 1.82) is 0 Å². The number of hydrogen-bond donors (Lipinski definition) is 0. The predicted octanol–water partition coefficient (Wildman–Crippen LogP) is 3.56. The summed E-state index contributed by atoms with van der Waals surface area (Å²) in [6.45, 7) is 0. The molecule has 0 radical (unpaired) electrons. The summed E-state index contributed by atoms with van der Waals surface area (Å²) >= 11 is 0. The van der Waals surface area contributed by atoms with Crippen molar-refractivity contribution in [2.75, 3.05) is 0 Å². The van der Waals surface area contributed by atoms with E-state index in [2.05, 4.69) is 60.8 Å². The molecule has 0 aliphatic heterocycles. The van der Waals surface area contributed by atoms with E-state index in [9.17, 15) is 0 Å². The molecular weight excluding hydrogens is 144 g/mol. The van der Waals surface area contributed by atoms with Gasteiger partial charge in [-0.25, -0.2) is 0 Å². The van der Waals surface area contributed by atoms with Crippen LogP contribution in [0.25, 0.3) is 0 Å². The van der Waals surface area contributed by atoms with Gasteiger partial charge in [0.2, 0.25) is 0 Å². The molecule has 0 saturated carbocycles. The Labute approximate surface area is 74.3 Å². The first-order chi connectivity index (χ1) is 6.00. The topological polar surface area (TPSA) is 0 Å². The third kappa shape index (κ3) is 4.51. The highest BCUT2D eigenvalue weighted by Gasteiger charge is 1.71. The quantitative estimate of drug-likeness (QED) is 0.505.